The zero-order valence-corrected chi connectivity index (χ0v) is 12.1. The van der Waals surface area contributed by atoms with E-state index in [1.165, 1.54) is 5.56 Å². The van der Waals surface area contributed by atoms with Crippen molar-refractivity contribution in [2.24, 2.45) is 5.92 Å². The Morgan fingerprint density at radius 2 is 2.21 bits per heavy atom. The van der Waals surface area contributed by atoms with Gasteiger partial charge in [-0.05, 0) is 43.9 Å². The molecule has 1 aliphatic heterocycles. The molecule has 0 unspecified atom stereocenters. The first-order chi connectivity index (χ1) is 9.29. The minimum absolute atomic E-state index is 0.691. The maximum atomic E-state index is 5.82. The van der Waals surface area contributed by atoms with Gasteiger partial charge in [0.1, 0.15) is 5.75 Å². The van der Waals surface area contributed by atoms with Crippen LogP contribution in [0.25, 0.3) is 0 Å². The summed E-state index contributed by atoms with van der Waals surface area (Å²) in [5.74, 6) is 1.77. The number of ether oxygens (including phenoxy) is 2. The number of benzene rings is 1. The Hall–Kier alpha value is -1.06. The molecule has 106 valence electrons. The Morgan fingerprint density at radius 1 is 1.37 bits per heavy atom. The van der Waals surface area contributed by atoms with E-state index in [0.29, 0.717) is 5.92 Å². The standard InChI is InChI=1S/C16H25NO2/c1-17(9-5-10-18-2)13-14-8-11-19-16-7-4-3-6-15(16)12-14/h3-4,6-7,14H,5,8-13H2,1-2H3/t14-/m0/s1. The van der Waals surface area contributed by atoms with Crippen molar-refractivity contribution in [1.29, 1.82) is 0 Å². The van der Waals surface area contributed by atoms with Crippen LogP contribution in [0, 0.1) is 5.92 Å². The number of nitrogens with zero attached hydrogens (tertiary/aromatic N) is 1. The van der Waals surface area contributed by atoms with Crippen LogP contribution in [0.3, 0.4) is 0 Å². The van der Waals surface area contributed by atoms with Crippen LogP contribution in [0.4, 0.5) is 0 Å². The molecule has 1 atom stereocenters. The fourth-order valence-corrected chi connectivity index (χ4v) is 2.73. The summed E-state index contributed by atoms with van der Waals surface area (Å²) >= 11 is 0. The number of para-hydroxylation sites is 1. The quantitative estimate of drug-likeness (QED) is 0.736. The third-order valence-corrected chi connectivity index (χ3v) is 3.72. The zero-order valence-electron chi connectivity index (χ0n) is 12.1. The van der Waals surface area contributed by atoms with E-state index in [-0.39, 0.29) is 0 Å². The van der Waals surface area contributed by atoms with Gasteiger partial charge in [0, 0.05) is 26.8 Å². The molecule has 1 aromatic carbocycles. The topological polar surface area (TPSA) is 21.7 Å². The van der Waals surface area contributed by atoms with Crippen LogP contribution in [-0.4, -0.2) is 45.4 Å². The smallest absolute Gasteiger partial charge is 0.122 e. The highest BCUT2D eigenvalue weighted by Crippen LogP contribution is 2.26. The molecule has 0 bridgehead atoms. The fraction of sp³-hybridized carbons (Fsp3) is 0.625. The maximum Gasteiger partial charge on any atom is 0.122 e. The Morgan fingerprint density at radius 3 is 3.05 bits per heavy atom. The van der Waals surface area contributed by atoms with Crippen molar-refractivity contribution in [3.8, 4) is 5.75 Å². The van der Waals surface area contributed by atoms with Crippen molar-refractivity contribution in [1.82, 2.24) is 4.90 Å². The summed E-state index contributed by atoms with van der Waals surface area (Å²) in [5, 5.41) is 0. The second kappa shape index (κ2) is 7.51. The average molecular weight is 263 g/mol. The summed E-state index contributed by atoms with van der Waals surface area (Å²) in [5.41, 5.74) is 1.36. The molecule has 0 amide bonds. The minimum Gasteiger partial charge on any atom is -0.493 e. The normalized spacial score (nSPS) is 18.8. The highest BCUT2D eigenvalue weighted by atomic mass is 16.5. The summed E-state index contributed by atoms with van der Waals surface area (Å²) in [6, 6.07) is 8.43. The van der Waals surface area contributed by atoms with E-state index in [2.05, 4.69) is 36.2 Å². The average Bonchev–Trinajstić information content (AvgIpc) is 2.60. The van der Waals surface area contributed by atoms with Crippen LogP contribution >= 0.6 is 0 Å². The van der Waals surface area contributed by atoms with Crippen LogP contribution in [-0.2, 0) is 11.2 Å². The van der Waals surface area contributed by atoms with E-state index >= 15 is 0 Å². The molecule has 0 fully saturated rings. The molecule has 0 radical (unpaired) electrons. The van der Waals surface area contributed by atoms with Gasteiger partial charge in [0.05, 0.1) is 6.61 Å². The molecule has 3 nitrogen and oxygen atoms in total. The summed E-state index contributed by atoms with van der Waals surface area (Å²) < 4.78 is 10.9. The molecule has 1 heterocycles. The third-order valence-electron chi connectivity index (χ3n) is 3.72. The van der Waals surface area contributed by atoms with Gasteiger partial charge in [-0.1, -0.05) is 18.2 Å². The van der Waals surface area contributed by atoms with Gasteiger partial charge >= 0.3 is 0 Å². The van der Waals surface area contributed by atoms with Crippen molar-refractivity contribution in [3.05, 3.63) is 29.8 Å². The van der Waals surface area contributed by atoms with Gasteiger partial charge in [0.25, 0.3) is 0 Å². The molecule has 2 rings (SSSR count). The van der Waals surface area contributed by atoms with Crippen molar-refractivity contribution in [3.63, 3.8) is 0 Å². The number of methoxy groups -OCH3 is 1. The molecule has 19 heavy (non-hydrogen) atoms. The summed E-state index contributed by atoms with van der Waals surface area (Å²) in [6.45, 7) is 3.93. The Bertz CT molecular complexity index is 381. The molecular weight excluding hydrogens is 238 g/mol. The first-order valence-corrected chi connectivity index (χ1v) is 7.18. The molecule has 0 saturated heterocycles. The molecule has 1 aromatic rings. The largest absolute Gasteiger partial charge is 0.493 e. The van der Waals surface area contributed by atoms with E-state index < -0.39 is 0 Å². The zero-order chi connectivity index (χ0) is 13.5. The number of rotatable bonds is 6. The van der Waals surface area contributed by atoms with Gasteiger partial charge in [0.2, 0.25) is 0 Å². The lowest BCUT2D eigenvalue weighted by molar-refractivity contribution is 0.171. The van der Waals surface area contributed by atoms with Crippen LogP contribution in [0.15, 0.2) is 24.3 Å². The van der Waals surface area contributed by atoms with Crippen LogP contribution in [0.1, 0.15) is 18.4 Å². The van der Waals surface area contributed by atoms with Gasteiger partial charge in [-0.3, -0.25) is 0 Å². The van der Waals surface area contributed by atoms with Crippen LogP contribution in [0.5, 0.6) is 5.75 Å². The van der Waals surface area contributed by atoms with Gasteiger partial charge in [-0.25, -0.2) is 0 Å². The molecular formula is C16H25NO2. The second-order valence-corrected chi connectivity index (χ2v) is 5.42. The second-order valence-electron chi connectivity index (χ2n) is 5.42. The highest BCUT2D eigenvalue weighted by molar-refractivity contribution is 5.34. The third kappa shape index (κ3) is 4.51. The summed E-state index contributed by atoms with van der Waals surface area (Å²) in [4.78, 5) is 2.41. The molecule has 0 aliphatic carbocycles. The lowest BCUT2D eigenvalue weighted by Gasteiger charge is -2.22. The predicted octanol–water partition coefficient (Wildman–Crippen LogP) is 2.60. The van der Waals surface area contributed by atoms with E-state index in [0.717, 1.165) is 51.3 Å². The molecule has 0 N–H and O–H groups in total. The van der Waals surface area contributed by atoms with Crippen LogP contribution in [0.2, 0.25) is 0 Å². The van der Waals surface area contributed by atoms with Crippen molar-refractivity contribution >= 4 is 0 Å². The maximum absolute atomic E-state index is 5.82. The van der Waals surface area contributed by atoms with Gasteiger partial charge in [-0.15, -0.1) is 0 Å². The lowest BCUT2D eigenvalue weighted by Crippen LogP contribution is -2.28. The van der Waals surface area contributed by atoms with Crippen molar-refractivity contribution < 1.29 is 9.47 Å². The Labute approximate surface area is 116 Å². The fourth-order valence-electron chi connectivity index (χ4n) is 2.73. The van der Waals surface area contributed by atoms with Gasteiger partial charge in [-0.2, -0.15) is 0 Å². The highest BCUT2D eigenvalue weighted by Gasteiger charge is 2.18. The monoisotopic (exact) mass is 263 g/mol. The molecule has 3 heteroatoms. The van der Waals surface area contributed by atoms with Gasteiger partial charge in [0.15, 0.2) is 0 Å². The predicted molar refractivity (Wildman–Crippen MR) is 77.7 cm³/mol. The van der Waals surface area contributed by atoms with Crippen molar-refractivity contribution in [2.45, 2.75) is 19.3 Å². The SMILES string of the molecule is COCCCN(C)C[C@H]1CCOc2ccccc2C1. The number of fused-ring (bicyclic) bond motifs is 1. The van der Waals surface area contributed by atoms with E-state index in [9.17, 15) is 0 Å². The summed E-state index contributed by atoms with van der Waals surface area (Å²) in [6.07, 6.45) is 3.38. The van der Waals surface area contributed by atoms with Crippen molar-refractivity contribution in [2.75, 3.05) is 40.5 Å². The summed E-state index contributed by atoms with van der Waals surface area (Å²) in [7, 11) is 3.97. The first kappa shape index (κ1) is 14.4. The van der Waals surface area contributed by atoms with E-state index in [1.807, 2.05) is 0 Å². The molecule has 0 saturated carbocycles. The number of hydrogen-bond donors (Lipinski definition) is 0. The van der Waals surface area contributed by atoms with Crippen LogP contribution < -0.4 is 4.74 Å². The minimum atomic E-state index is 0.691. The number of hydrogen-bond acceptors (Lipinski definition) is 3. The Balaban J connectivity index is 1.84. The Kier molecular flexibility index (Phi) is 5.67. The lowest BCUT2D eigenvalue weighted by atomic mass is 9.96. The molecule has 0 aromatic heterocycles. The molecule has 0 spiro atoms. The van der Waals surface area contributed by atoms with E-state index in [4.69, 9.17) is 9.47 Å². The molecule has 1 aliphatic rings. The first-order valence-electron chi connectivity index (χ1n) is 7.18. The van der Waals surface area contributed by atoms with E-state index in [1.54, 1.807) is 7.11 Å². The van der Waals surface area contributed by atoms with Gasteiger partial charge < -0.3 is 14.4 Å².